The molecular formula is C13H16ClFN2O. The predicted octanol–water partition coefficient (Wildman–Crippen LogP) is 2.29. The van der Waals surface area contributed by atoms with Gasteiger partial charge in [-0.15, -0.1) is 0 Å². The van der Waals surface area contributed by atoms with Crippen LogP contribution in [0.5, 0.6) is 0 Å². The first-order chi connectivity index (χ1) is 8.52. The summed E-state index contributed by atoms with van der Waals surface area (Å²) in [6, 6.07) is 4.12. The quantitative estimate of drug-likeness (QED) is 0.896. The van der Waals surface area contributed by atoms with Crippen LogP contribution in [0.1, 0.15) is 23.7 Å². The number of nitrogens with two attached hydrogens (primary N) is 1. The molecule has 2 rings (SSSR count). The van der Waals surface area contributed by atoms with Crippen LogP contribution < -0.4 is 5.73 Å². The highest BCUT2D eigenvalue weighted by molar-refractivity contribution is 6.31. The largest absolute Gasteiger partial charge is 0.336 e. The van der Waals surface area contributed by atoms with Gasteiger partial charge in [0.15, 0.2) is 0 Å². The van der Waals surface area contributed by atoms with Crippen molar-refractivity contribution >= 4 is 17.5 Å². The first-order valence-corrected chi connectivity index (χ1v) is 6.36. The summed E-state index contributed by atoms with van der Waals surface area (Å²) in [5, 5.41) is 0.363. The molecule has 1 aliphatic heterocycles. The van der Waals surface area contributed by atoms with Crippen molar-refractivity contribution in [3.8, 4) is 0 Å². The summed E-state index contributed by atoms with van der Waals surface area (Å²) < 4.78 is 13.6. The Bertz CT molecular complexity index is 466. The molecule has 18 heavy (non-hydrogen) atoms. The van der Waals surface area contributed by atoms with Crippen molar-refractivity contribution in [2.24, 2.45) is 11.7 Å². The summed E-state index contributed by atoms with van der Waals surface area (Å²) in [7, 11) is 0. The number of carbonyl (C=O) groups is 1. The molecule has 2 atom stereocenters. The third kappa shape index (κ3) is 2.49. The van der Waals surface area contributed by atoms with Gasteiger partial charge in [0.25, 0.3) is 5.91 Å². The lowest BCUT2D eigenvalue weighted by Crippen LogP contribution is -2.35. The lowest BCUT2D eigenvalue weighted by molar-refractivity contribution is 0.0738. The van der Waals surface area contributed by atoms with Crippen molar-refractivity contribution in [2.45, 2.75) is 19.4 Å². The molecule has 1 amide bonds. The lowest BCUT2D eigenvalue weighted by Gasteiger charge is -2.21. The molecule has 3 nitrogen and oxygen atoms in total. The van der Waals surface area contributed by atoms with E-state index in [1.54, 1.807) is 4.90 Å². The second-order valence-electron chi connectivity index (χ2n) is 4.77. The van der Waals surface area contributed by atoms with Gasteiger partial charge < -0.3 is 10.6 Å². The maximum atomic E-state index is 13.6. The van der Waals surface area contributed by atoms with Gasteiger partial charge in [-0.1, -0.05) is 11.6 Å². The SMILES string of the molecule is CC1CC(CN)CN1C(=O)c1cc(Cl)ccc1F. The topological polar surface area (TPSA) is 46.3 Å². The zero-order chi connectivity index (χ0) is 13.3. The molecule has 5 heteroatoms. The molecule has 1 fully saturated rings. The summed E-state index contributed by atoms with van der Waals surface area (Å²) in [6.07, 6.45) is 0.866. The monoisotopic (exact) mass is 270 g/mol. The fourth-order valence-electron chi connectivity index (χ4n) is 2.41. The number of rotatable bonds is 2. The number of amides is 1. The molecular weight excluding hydrogens is 255 g/mol. The van der Waals surface area contributed by atoms with Gasteiger partial charge in [0, 0.05) is 17.6 Å². The van der Waals surface area contributed by atoms with E-state index in [0.717, 1.165) is 6.42 Å². The minimum atomic E-state index is -0.534. The number of hydrogen-bond donors (Lipinski definition) is 1. The van der Waals surface area contributed by atoms with Crippen LogP contribution in [0.3, 0.4) is 0 Å². The van der Waals surface area contributed by atoms with Crippen molar-refractivity contribution in [2.75, 3.05) is 13.1 Å². The van der Waals surface area contributed by atoms with Gasteiger partial charge in [-0.25, -0.2) is 4.39 Å². The Balaban J connectivity index is 2.24. The fourth-order valence-corrected chi connectivity index (χ4v) is 2.58. The van der Waals surface area contributed by atoms with Gasteiger partial charge in [-0.3, -0.25) is 4.79 Å². The van der Waals surface area contributed by atoms with Crippen molar-refractivity contribution in [3.63, 3.8) is 0 Å². The van der Waals surface area contributed by atoms with E-state index in [0.29, 0.717) is 24.0 Å². The van der Waals surface area contributed by atoms with Gasteiger partial charge >= 0.3 is 0 Å². The van der Waals surface area contributed by atoms with Crippen LogP contribution in [0.4, 0.5) is 4.39 Å². The minimum absolute atomic E-state index is 0.0343. The number of likely N-dealkylation sites (tertiary alicyclic amines) is 1. The predicted molar refractivity (Wildman–Crippen MR) is 69.1 cm³/mol. The second kappa shape index (κ2) is 5.24. The van der Waals surface area contributed by atoms with Crippen LogP contribution in [0, 0.1) is 11.7 Å². The van der Waals surface area contributed by atoms with Crippen LogP contribution in [0.25, 0.3) is 0 Å². The molecule has 1 aromatic carbocycles. The zero-order valence-corrected chi connectivity index (χ0v) is 11.0. The van der Waals surface area contributed by atoms with Gasteiger partial charge in [0.2, 0.25) is 0 Å². The molecule has 1 aliphatic rings. The summed E-state index contributed by atoms with van der Waals surface area (Å²) in [4.78, 5) is 14.0. The van der Waals surface area contributed by atoms with E-state index in [-0.39, 0.29) is 17.5 Å². The Kier molecular flexibility index (Phi) is 3.88. The summed E-state index contributed by atoms with van der Waals surface area (Å²) in [5.74, 6) is -0.544. The van der Waals surface area contributed by atoms with E-state index in [2.05, 4.69) is 0 Å². The van der Waals surface area contributed by atoms with Gasteiger partial charge in [0.1, 0.15) is 5.82 Å². The molecule has 1 saturated heterocycles. The summed E-state index contributed by atoms with van der Waals surface area (Å²) >= 11 is 5.80. The number of hydrogen-bond acceptors (Lipinski definition) is 2. The second-order valence-corrected chi connectivity index (χ2v) is 5.20. The van der Waals surface area contributed by atoms with Crippen LogP contribution in [0.2, 0.25) is 5.02 Å². The number of halogens is 2. The van der Waals surface area contributed by atoms with E-state index in [1.165, 1.54) is 18.2 Å². The van der Waals surface area contributed by atoms with Crippen LogP contribution >= 0.6 is 11.6 Å². The first-order valence-electron chi connectivity index (χ1n) is 5.99. The van der Waals surface area contributed by atoms with Crippen LogP contribution in [-0.2, 0) is 0 Å². The van der Waals surface area contributed by atoms with Crippen molar-refractivity contribution in [1.29, 1.82) is 0 Å². The average Bonchev–Trinajstić information content (AvgIpc) is 2.73. The van der Waals surface area contributed by atoms with Crippen LogP contribution in [-0.4, -0.2) is 29.9 Å². The van der Waals surface area contributed by atoms with Gasteiger partial charge in [-0.05, 0) is 44.0 Å². The maximum Gasteiger partial charge on any atom is 0.257 e. The van der Waals surface area contributed by atoms with Crippen molar-refractivity contribution in [3.05, 3.63) is 34.6 Å². The summed E-state index contributed by atoms with van der Waals surface area (Å²) in [5.41, 5.74) is 5.65. The molecule has 0 spiro atoms. The molecule has 1 aromatic rings. The molecule has 2 unspecified atom stereocenters. The molecule has 2 N–H and O–H groups in total. The number of benzene rings is 1. The van der Waals surface area contributed by atoms with E-state index in [1.807, 2.05) is 6.92 Å². The van der Waals surface area contributed by atoms with E-state index in [4.69, 9.17) is 17.3 Å². The van der Waals surface area contributed by atoms with Crippen molar-refractivity contribution < 1.29 is 9.18 Å². The third-order valence-electron chi connectivity index (χ3n) is 3.41. The minimum Gasteiger partial charge on any atom is -0.336 e. The molecule has 0 bridgehead atoms. The van der Waals surface area contributed by atoms with Crippen molar-refractivity contribution in [1.82, 2.24) is 4.90 Å². The highest BCUT2D eigenvalue weighted by atomic mass is 35.5. The molecule has 0 aromatic heterocycles. The molecule has 0 saturated carbocycles. The summed E-state index contributed by atoms with van der Waals surface area (Å²) in [6.45, 7) is 3.09. The smallest absolute Gasteiger partial charge is 0.257 e. The Hall–Kier alpha value is -1.13. The number of nitrogens with zero attached hydrogens (tertiary/aromatic N) is 1. The molecule has 0 radical (unpaired) electrons. The average molecular weight is 271 g/mol. The van der Waals surface area contributed by atoms with E-state index in [9.17, 15) is 9.18 Å². The van der Waals surface area contributed by atoms with Crippen LogP contribution in [0.15, 0.2) is 18.2 Å². The standard InChI is InChI=1S/C13H16ClFN2O/c1-8-4-9(6-16)7-17(8)13(18)11-5-10(14)2-3-12(11)15/h2-3,5,8-9H,4,6-7,16H2,1H3. The maximum absolute atomic E-state index is 13.6. The van der Waals surface area contributed by atoms with Gasteiger partial charge in [-0.2, -0.15) is 0 Å². The molecule has 98 valence electrons. The Morgan fingerprint density at radius 1 is 1.61 bits per heavy atom. The highest BCUT2D eigenvalue weighted by Gasteiger charge is 2.33. The lowest BCUT2D eigenvalue weighted by atomic mass is 10.1. The van der Waals surface area contributed by atoms with E-state index >= 15 is 0 Å². The Labute approximate surface area is 111 Å². The van der Waals surface area contributed by atoms with E-state index < -0.39 is 5.82 Å². The first kappa shape index (κ1) is 13.3. The molecule has 1 heterocycles. The normalized spacial score (nSPS) is 23.4. The highest BCUT2D eigenvalue weighted by Crippen LogP contribution is 2.25. The number of carbonyl (C=O) groups excluding carboxylic acids is 1. The molecule has 0 aliphatic carbocycles. The zero-order valence-electron chi connectivity index (χ0n) is 10.2. The fraction of sp³-hybridized carbons (Fsp3) is 0.462. The third-order valence-corrected chi connectivity index (χ3v) is 3.65. The van der Waals surface area contributed by atoms with Gasteiger partial charge in [0.05, 0.1) is 5.56 Å². The Morgan fingerprint density at radius 2 is 2.33 bits per heavy atom. The Morgan fingerprint density at radius 3 is 2.94 bits per heavy atom.